The van der Waals surface area contributed by atoms with Crippen molar-refractivity contribution in [2.24, 2.45) is 5.73 Å². The summed E-state index contributed by atoms with van der Waals surface area (Å²) in [4.78, 5) is 15.9. The van der Waals surface area contributed by atoms with Crippen LogP contribution in [0.1, 0.15) is 49.3 Å². The number of hydrogen-bond donors (Lipinski definition) is 2. The molecule has 3 heterocycles. The number of nitrogens with zero attached hydrogens (tertiary/aromatic N) is 3. The Morgan fingerprint density at radius 1 is 1.48 bits per heavy atom. The molecule has 1 aliphatic heterocycles. The van der Waals surface area contributed by atoms with Gasteiger partial charge in [0, 0.05) is 18.8 Å². The first-order valence-electron chi connectivity index (χ1n) is 7.81. The molecule has 0 aromatic carbocycles. The van der Waals surface area contributed by atoms with Gasteiger partial charge >= 0.3 is 0 Å². The van der Waals surface area contributed by atoms with Crippen molar-refractivity contribution in [2.75, 3.05) is 13.2 Å². The zero-order valence-electron chi connectivity index (χ0n) is 13.6. The molecule has 0 aliphatic carbocycles. The fourth-order valence-corrected chi connectivity index (χ4v) is 3.18. The van der Waals surface area contributed by atoms with Gasteiger partial charge < -0.3 is 15.6 Å². The lowest BCUT2D eigenvalue weighted by atomic mass is 9.78. The number of primary amides is 1. The molecule has 1 saturated heterocycles. The van der Waals surface area contributed by atoms with E-state index in [2.05, 4.69) is 4.98 Å². The predicted octanol–water partition coefficient (Wildman–Crippen LogP) is 1.15. The lowest BCUT2D eigenvalue weighted by molar-refractivity contribution is 0.0766. The summed E-state index contributed by atoms with van der Waals surface area (Å²) in [5.41, 5.74) is 7.31. The summed E-state index contributed by atoms with van der Waals surface area (Å²) < 4.78 is 7.37. The van der Waals surface area contributed by atoms with Crippen molar-refractivity contribution in [1.82, 2.24) is 14.8 Å². The van der Waals surface area contributed by atoms with Crippen LogP contribution in [-0.2, 0) is 10.2 Å². The first-order valence-corrected chi connectivity index (χ1v) is 7.81. The van der Waals surface area contributed by atoms with E-state index in [1.807, 2.05) is 18.5 Å². The van der Waals surface area contributed by atoms with Gasteiger partial charge in [-0.25, -0.2) is 0 Å². The second-order valence-corrected chi connectivity index (χ2v) is 6.48. The van der Waals surface area contributed by atoms with Gasteiger partial charge in [0.25, 0.3) is 0 Å². The van der Waals surface area contributed by atoms with E-state index in [4.69, 9.17) is 15.6 Å². The molecular formula is C16H22N4O3. The van der Waals surface area contributed by atoms with Gasteiger partial charge in [-0.3, -0.25) is 14.5 Å². The molecule has 124 valence electrons. The van der Waals surface area contributed by atoms with Crippen LogP contribution in [0.5, 0.6) is 0 Å². The standard InChI is InChI=1S/C16H22N4O3/c1-9(2)20-12-6-11(15(17)22)7-18-13(12)14(19-20)16(10(3)21)4-5-23-8-16/h6-7,9-10,21H,4-5,8H2,1-3H3,(H2,17,22)/t10-,16+/m1/s1. The molecule has 0 saturated carbocycles. The molecule has 3 rings (SSSR count). The summed E-state index contributed by atoms with van der Waals surface area (Å²) in [5, 5.41) is 15.1. The highest BCUT2D eigenvalue weighted by Crippen LogP contribution is 2.39. The number of aliphatic hydroxyl groups is 1. The summed E-state index contributed by atoms with van der Waals surface area (Å²) in [6, 6.07) is 1.80. The molecule has 23 heavy (non-hydrogen) atoms. The molecule has 0 unspecified atom stereocenters. The van der Waals surface area contributed by atoms with Crippen LogP contribution >= 0.6 is 0 Å². The number of fused-ring (bicyclic) bond motifs is 1. The predicted molar refractivity (Wildman–Crippen MR) is 85.2 cm³/mol. The average molecular weight is 318 g/mol. The quantitative estimate of drug-likeness (QED) is 0.880. The topological polar surface area (TPSA) is 103 Å². The number of ether oxygens (including phenoxy) is 1. The van der Waals surface area contributed by atoms with E-state index in [0.717, 1.165) is 11.2 Å². The molecule has 2 aromatic heterocycles. The van der Waals surface area contributed by atoms with E-state index in [1.165, 1.54) is 6.20 Å². The number of nitrogens with two attached hydrogens (primary N) is 1. The zero-order chi connectivity index (χ0) is 16.8. The third kappa shape index (κ3) is 2.40. The van der Waals surface area contributed by atoms with Gasteiger partial charge in [-0.15, -0.1) is 0 Å². The zero-order valence-corrected chi connectivity index (χ0v) is 13.6. The summed E-state index contributed by atoms with van der Waals surface area (Å²) in [5.74, 6) is -0.521. The van der Waals surface area contributed by atoms with Gasteiger partial charge in [0.05, 0.1) is 34.9 Å². The lowest BCUT2D eigenvalue weighted by Crippen LogP contribution is -2.39. The number of carbonyl (C=O) groups is 1. The molecule has 0 spiro atoms. The van der Waals surface area contributed by atoms with Crippen LogP contribution in [0.2, 0.25) is 0 Å². The Hall–Kier alpha value is -1.99. The van der Waals surface area contributed by atoms with Crippen molar-refractivity contribution in [2.45, 2.75) is 44.8 Å². The van der Waals surface area contributed by atoms with E-state index < -0.39 is 17.4 Å². The van der Waals surface area contributed by atoms with Crippen LogP contribution in [0.3, 0.4) is 0 Å². The largest absolute Gasteiger partial charge is 0.392 e. The number of pyridine rings is 1. The Kier molecular flexibility index (Phi) is 3.85. The third-order valence-electron chi connectivity index (χ3n) is 4.64. The van der Waals surface area contributed by atoms with E-state index >= 15 is 0 Å². The maximum absolute atomic E-state index is 11.5. The Bertz CT molecular complexity index is 745. The first-order chi connectivity index (χ1) is 10.9. The number of hydrogen-bond acceptors (Lipinski definition) is 5. The van der Waals surface area contributed by atoms with Crippen LogP contribution in [0.25, 0.3) is 11.0 Å². The molecule has 7 nitrogen and oxygen atoms in total. The highest BCUT2D eigenvalue weighted by molar-refractivity contribution is 5.96. The highest BCUT2D eigenvalue weighted by atomic mass is 16.5. The molecule has 7 heteroatoms. The minimum absolute atomic E-state index is 0.0875. The van der Waals surface area contributed by atoms with Crippen molar-refractivity contribution >= 4 is 16.9 Å². The van der Waals surface area contributed by atoms with Crippen molar-refractivity contribution < 1.29 is 14.6 Å². The Balaban J connectivity index is 2.28. The molecule has 3 N–H and O–H groups in total. The van der Waals surface area contributed by atoms with Crippen LogP contribution in [0.4, 0.5) is 0 Å². The van der Waals surface area contributed by atoms with E-state index in [9.17, 15) is 9.90 Å². The second-order valence-electron chi connectivity index (χ2n) is 6.48. The maximum Gasteiger partial charge on any atom is 0.250 e. The van der Waals surface area contributed by atoms with E-state index in [1.54, 1.807) is 13.0 Å². The van der Waals surface area contributed by atoms with Gasteiger partial charge in [0.1, 0.15) is 5.52 Å². The van der Waals surface area contributed by atoms with Gasteiger partial charge in [0.2, 0.25) is 5.91 Å². The Labute approximate surface area is 134 Å². The fourth-order valence-electron chi connectivity index (χ4n) is 3.18. The number of carbonyl (C=O) groups excluding carboxylic acids is 1. The molecule has 2 aromatic rings. The summed E-state index contributed by atoms with van der Waals surface area (Å²) in [6.07, 6.45) is 1.54. The molecule has 0 bridgehead atoms. The third-order valence-corrected chi connectivity index (χ3v) is 4.64. The minimum Gasteiger partial charge on any atom is -0.392 e. The molecular weight excluding hydrogens is 296 g/mol. The molecule has 1 amide bonds. The van der Waals surface area contributed by atoms with Crippen LogP contribution < -0.4 is 5.73 Å². The van der Waals surface area contributed by atoms with Gasteiger partial charge in [-0.1, -0.05) is 0 Å². The molecule has 0 radical (unpaired) electrons. The van der Waals surface area contributed by atoms with E-state index in [0.29, 0.717) is 30.7 Å². The van der Waals surface area contributed by atoms with Crippen molar-refractivity contribution in [3.05, 3.63) is 23.5 Å². The van der Waals surface area contributed by atoms with Crippen LogP contribution in [0, 0.1) is 0 Å². The molecule has 1 aliphatic rings. The smallest absolute Gasteiger partial charge is 0.250 e. The second kappa shape index (κ2) is 5.58. The Morgan fingerprint density at radius 2 is 2.22 bits per heavy atom. The lowest BCUT2D eigenvalue weighted by Gasteiger charge is -2.28. The van der Waals surface area contributed by atoms with Gasteiger partial charge in [-0.05, 0) is 33.3 Å². The summed E-state index contributed by atoms with van der Waals surface area (Å²) >= 11 is 0. The number of aromatic nitrogens is 3. The monoisotopic (exact) mass is 318 g/mol. The van der Waals surface area contributed by atoms with Crippen molar-refractivity contribution in [3.8, 4) is 0 Å². The van der Waals surface area contributed by atoms with Gasteiger partial charge in [0.15, 0.2) is 0 Å². The number of aliphatic hydroxyl groups excluding tert-OH is 1. The minimum atomic E-state index is -0.610. The highest BCUT2D eigenvalue weighted by Gasteiger charge is 2.45. The Morgan fingerprint density at radius 3 is 2.74 bits per heavy atom. The SMILES string of the molecule is CC(C)n1nc([C@@]2([C@@H](C)O)CCOC2)c2ncc(C(N)=O)cc21. The molecule has 2 atom stereocenters. The van der Waals surface area contributed by atoms with Crippen molar-refractivity contribution in [3.63, 3.8) is 0 Å². The normalized spacial score (nSPS) is 22.8. The average Bonchev–Trinajstić information content (AvgIpc) is 3.11. The molecule has 1 fully saturated rings. The van der Waals surface area contributed by atoms with E-state index in [-0.39, 0.29) is 6.04 Å². The fraction of sp³-hybridized carbons (Fsp3) is 0.562. The number of rotatable bonds is 4. The number of amides is 1. The van der Waals surface area contributed by atoms with Gasteiger partial charge in [-0.2, -0.15) is 5.10 Å². The van der Waals surface area contributed by atoms with Crippen LogP contribution in [-0.4, -0.2) is 45.1 Å². The van der Waals surface area contributed by atoms with Crippen LogP contribution in [0.15, 0.2) is 12.3 Å². The first kappa shape index (κ1) is 15.9. The van der Waals surface area contributed by atoms with Crippen molar-refractivity contribution in [1.29, 1.82) is 0 Å². The summed E-state index contributed by atoms with van der Waals surface area (Å²) in [6.45, 7) is 6.77. The summed E-state index contributed by atoms with van der Waals surface area (Å²) in [7, 11) is 0. The maximum atomic E-state index is 11.5.